The van der Waals surface area contributed by atoms with E-state index in [4.69, 9.17) is 0 Å². The fourth-order valence-electron chi connectivity index (χ4n) is 3.51. The molecule has 152 valence electrons. The molecule has 2 N–H and O–H groups in total. The maximum Gasteiger partial charge on any atom is 0.221 e. The molecule has 0 aliphatic heterocycles. The largest absolute Gasteiger partial charge is 0.369 e. The second kappa shape index (κ2) is 9.50. The highest BCUT2D eigenvalue weighted by Crippen LogP contribution is 2.36. The number of hydrogen-bond acceptors (Lipinski definition) is 5. The summed E-state index contributed by atoms with van der Waals surface area (Å²) in [5, 5.41) is 9.59. The highest BCUT2D eigenvalue weighted by Gasteiger charge is 2.12. The van der Waals surface area contributed by atoms with Gasteiger partial charge in [-0.3, -0.25) is 4.79 Å². The van der Waals surface area contributed by atoms with E-state index in [1.807, 2.05) is 24.3 Å². The molecule has 30 heavy (non-hydrogen) atoms. The number of fused-ring (bicyclic) bond motifs is 1. The van der Waals surface area contributed by atoms with Gasteiger partial charge in [-0.2, -0.15) is 0 Å². The molecular formula is C24H24N4OS. The Morgan fingerprint density at radius 3 is 2.73 bits per heavy atom. The summed E-state index contributed by atoms with van der Waals surface area (Å²) in [4.78, 5) is 21.2. The number of aromatic nitrogens is 2. The number of nitrogens with one attached hydrogen (secondary N) is 2. The number of benzene rings is 2. The first-order valence-corrected chi connectivity index (χ1v) is 11.0. The summed E-state index contributed by atoms with van der Waals surface area (Å²) >= 11 is 1.65. The van der Waals surface area contributed by atoms with E-state index in [-0.39, 0.29) is 5.91 Å². The average Bonchev–Trinajstić information content (AvgIpc) is 3.19. The molecule has 0 spiro atoms. The summed E-state index contributed by atoms with van der Waals surface area (Å²) in [6.07, 6.45) is 4.69. The molecule has 0 fully saturated rings. The van der Waals surface area contributed by atoms with Crippen LogP contribution in [0.15, 0.2) is 66.3 Å². The number of anilines is 2. The Hall–Kier alpha value is -3.25. The molecule has 2 aromatic carbocycles. The van der Waals surface area contributed by atoms with E-state index in [2.05, 4.69) is 56.3 Å². The highest BCUT2D eigenvalue weighted by molar-refractivity contribution is 7.17. The molecule has 0 aliphatic rings. The van der Waals surface area contributed by atoms with Gasteiger partial charge in [0.15, 0.2) is 0 Å². The van der Waals surface area contributed by atoms with Crippen molar-refractivity contribution in [2.24, 2.45) is 0 Å². The topological polar surface area (TPSA) is 66.9 Å². The van der Waals surface area contributed by atoms with Crippen LogP contribution in [0, 0.1) is 0 Å². The van der Waals surface area contributed by atoms with Crippen LogP contribution >= 0.6 is 11.3 Å². The number of hydrogen-bond donors (Lipinski definition) is 2. The van der Waals surface area contributed by atoms with Gasteiger partial charge in [-0.05, 0) is 42.5 Å². The maximum absolute atomic E-state index is 11.2. The van der Waals surface area contributed by atoms with Crippen LogP contribution in [0.25, 0.3) is 21.3 Å². The minimum atomic E-state index is -0.0455. The summed E-state index contributed by atoms with van der Waals surface area (Å²) in [5.41, 5.74) is 4.44. The minimum Gasteiger partial charge on any atom is -0.369 e. The average molecular weight is 417 g/mol. The first-order chi connectivity index (χ1) is 14.7. The predicted octanol–water partition coefficient (Wildman–Crippen LogP) is 5.75. The number of carbonyl (C=O) groups is 1. The molecule has 0 bridgehead atoms. The van der Waals surface area contributed by atoms with Gasteiger partial charge < -0.3 is 10.6 Å². The van der Waals surface area contributed by atoms with Crippen LogP contribution in [0.2, 0.25) is 0 Å². The molecular weight excluding hydrogens is 392 g/mol. The number of aryl methyl sites for hydroxylation is 1. The van der Waals surface area contributed by atoms with E-state index in [9.17, 15) is 4.79 Å². The lowest BCUT2D eigenvalue weighted by molar-refractivity contribution is -0.114. The van der Waals surface area contributed by atoms with Crippen LogP contribution in [0.5, 0.6) is 0 Å². The number of thiophene rings is 1. The van der Waals surface area contributed by atoms with E-state index < -0.39 is 0 Å². The van der Waals surface area contributed by atoms with Gasteiger partial charge in [0, 0.05) is 30.1 Å². The molecule has 5 nitrogen and oxygen atoms in total. The van der Waals surface area contributed by atoms with Crippen molar-refractivity contribution < 1.29 is 4.79 Å². The van der Waals surface area contributed by atoms with Gasteiger partial charge in [0.1, 0.15) is 17.0 Å². The van der Waals surface area contributed by atoms with Crippen molar-refractivity contribution in [2.45, 2.75) is 26.2 Å². The Morgan fingerprint density at radius 2 is 1.90 bits per heavy atom. The fraction of sp³-hybridized carbons (Fsp3) is 0.208. The van der Waals surface area contributed by atoms with Gasteiger partial charge in [-0.25, -0.2) is 9.97 Å². The summed E-state index contributed by atoms with van der Waals surface area (Å²) in [7, 11) is 0. The molecule has 1 amide bonds. The van der Waals surface area contributed by atoms with Crippen molar-refractivity contribution in [3.8, 4) is 11.1 Å². The highest BCUT2D eigenvalue weighted by atomic mass is 32.1. The molecule has 0 unspecified atom stereocenters. The number of amides is 1. The van der Waals surface area contributed by atoms with Crippen molar-refractivity contribution in [1.29, 1.82) is 0 Å². The SMILES string of the molecule is CC(=O)Nc1cccc(CCCCNc2ncnc3scc(-c4ccccc4)c23)c1. The quantitative estimate of drug-likeness (QED) is 0.359. The van der Waals surface area contributed by atoms with Crippen molar-refractivity contribution in [3.05, 3.63) is 71.9 Å². The summed E-state index contributed by atoms with van der Waals surface area (Å²) in [6, 6.07) is 18.4. The third-order valence-corrected chi connectivity index (χ3v) is 5.77. The van der Waals surface area contributed by atoms with Gasteiger partial charge in [-0.15, -0.1) is 11.3 Å². The lowest BCUT2D eigenvalue weighted by Gasteiger charge is -2.09. The maximum atomic E-state index is 11.2. The number of rotatable bonds is 8. The Labute approximate surface area is 180 Å². The first kappa shape index (κ1) is 20.0. The molecule has 0 atom stereocenters. The molecule has 4 rings (SSSR count). The van der Waals surface area contributed by atoms with E-state index in [0.29, 0.717) is 0 Å². The second-order valence-corrected chi connectivity index (χ2v) is 8.04. The van der Waals surface area contributed by atoms with Crippen LogP contribution in [0.3, 0.4) is 0 Å². The molecule has 0 saturated carbocycles. The Balaban J connectivity index is 1.37. The molecule has 2 aromatic heterocycles. The Bertz CT molecular complexity index is 1140. The summed E-state index contributed by atoms with van der Waals surface area (Å²) < 4.78 is 0. The van der Waals surface area contributed by atoms with Crippen molar-refractivity contribution in [1.82, 2.24) is 9.97 Å². The van der Waals surface area contributed by atoms with E-state index >= 15 is 0 Å². The lowest BCUT2D eigenvalue weighted by Crippen LogP contribution is -2.06. The smallest absolute Gasteiger partial charge is 0.221 e. The molecule has 4 aromatic rings. The van der Waals surface area contributed by atoms with Crippen molar-refractivity contribution in [2.75, 3.05) is 17.2 Å². The zero-order valence-corrected chi connectivity index (χ0v) is 17.7. The molecule has 0 aliphatic carbocycles. The van der Waals surface area contributed by atoms with Crippen LogP contribution in [0.1, 0.15) is 25.3 Å². The summed E-state index contributed by atoms with van der Waals surface area (Å²) in [6.45, 7) is 2.38. The molecule has 6 heteroatoms. The van der Waals surface area contributed by atoms with Crippen molar-refractivity contribution in [3.63, 3.8) is 0 Å². The fourth-order valence-corrected chi connectivity index (χ4v) is 4.42. The third kappa shape index (κ3) is 4.83. The number of nitrogens with zero attached hydrogens (tertiary/aromatic N) is 2. The van der Waals surface area contributed by atoms with Crippen LogP contribution < -0.4 is 10.6 Å². The van der Waals surface area contributed by atoms with Gasteiger partial charge in [0.25, 0.3) is 0 Å². The molecule has 2 heterocycles. The lowest BCUT2D eigenvalue weighted by atomic mass is 10.1. The standard InChI is InChI=1S/C24H24N4OS/c1-17(29)28-20-12-7-9-18(14-20)8-5-6-13-25-23-22-21(19-10-3-2-4-11-19)15-30-24(22)27-16-26-23/h2-4,7,9-12,14-16H,5-6,8,13H2,1H3,(H,28,29)(H,25,26,27). The Morgan fingerprint density at radius 1 is 1.03 bits per heavy atom. The number of unbranched alkanes of at least 4 members (excludes halogenated alkanes) is 1. The van der Waals surface area contributed by atoms with Crippen molar-refractivity contribution >= 4 is 39.0 Å². The zero-order valence-electron chi connectivity index (χ0n) is 16.9. The minimum absolute atomic E-state index is 0.0455. The van der Waals surface area contributed by atoms with Gasteiger partial charge in [0.05, 0.1) is 5.39 Å². The van der Waals surface area contributed by atoms with Gasteiger partial charge in [-0.1, -0.05) is 42.5 Å². The Kier molecular flexibility index (Phi) is 6.35. The van der Waals surface area contributed by atoms with Crippen LogP contribution in [0.4, 0.5) is 11.5 Å². The van der Waals surface area contributed by atoms with Crippen LogP contribution in [-0.2, 0) is 11.2 Å². The molecule has 0 saturated heterocycles. The summed E-state index contributed by atoms with van der Waals surface area (Å²) in [5.74, 6) is 0.851. The molecule has 0 radical (unpaired) electrons. The van der Waals surface area contributed by atoms with Crippen LogP contribution in [-0.4, -0.2) is 22.4 Å². The van der Waals surface area contributed by atoms with E-state index in [0.717, 1.165) is 47.5 Å². The monoisotopic (exact) mass is 416 g/mol. The number of carbonyl (C=O) groups excluding carboxylic acids is 1. The zero-order chi connectivity index (χ0) is 20.8. The van der Waals surface area contributed by atoms with Gasteiger partial charge in [0.2, 0.25) is 5.91 Å². The first-order valence-electron chi connectivity index (χ1n) is 10.1. The van der Waals surface area contributed by atoms with E-state index in [1.165, 1.54) is 23.6 Å². The van der Waals surface area contributed by atoms with E-state index in [1.54, 1.807) is 17.7 Å². The third-order valence-electron chi connectivity index (χ3n) is 4.89. The predicted molar refractivity (Wildman–Crippen MR) is 125 cm³/mol. The second-order valence-electron chi connectivity index (χ2n) is 7.18. The van der Waals surface area contributed by atoms with Gasteiger partial charge >= 0.3 is 0 Å². The normalized spacial score (nSPS) is 10.8.